The van der Waals surface area contributed by atoms with Crippen molar-refractivity contribution in [1.82, 2.24) is 0 Å². The highest BCUT2D eigenvalue weighted by molar-refractivity contribution is 6.77. The van der Waals surface area contributed by atoms with Gasteiger partial charge in [0.25, 0.3) is 0 Å². The zero-order chi connectivity index (χ0) is 69.9. The number of terminal acetylenes is 1. The van der Waals surface area contributed by atoms with Crippen LogP contribution in [0.1, 0.15) is 316 Å². The summed E-state index contributed by atoms with van der Waals surface area (Å²) in [6.45, 7) is 56.5. The molecule has 1 heterocycles. The van der Waals surface area contributed by atoms with Gasteiger partial charge in [-0.25, -0.2) is 0 Å². The van der Waals surface area contributed by atoms with Crippen LogP contribution in [-0.4, -0.2) is 76.6 Å². The molecule has 522 valence electrons. The summed E-state index contributed by atoms with van der Waals surface area (Å²) in [7, 11) is -2.14. The molecule has 1 saturated carbocycles. The molecular weight excluding hydrogens is 1150 g/mol. The second-order valence-corrected chi connectivity index (χ2v) is 39.2. The van der Waals surface area contributed by atoms with Crippen LogP contribution in [0.4, 0.5) is 0 Å². The molecule has 2 fully saturated rings. The summed E-state index contributed by atoms with van der Waals surface area (Å²) < 4.78 is 19.5. The van der Waals surface area contributed by atoms with Gasteiger partial charge in [0.1, 0.15) is 0 Å². The molecule has 0 amide bonds. The highest BCUT2D eigenvalue weighted by atomic mass is 28.4. The number of allylic oxidation sites excluding steroid dienone is 4. The Labute approximate surface area is 569 Å². The van der Waals surface area contributed by atoms with Gasteiger partial charge >= 0.3 is 7.12 Å². The lowest BCUT2D eigenvalue weighted by molar-refractivity contribution is 0.00578. The average Bonchev–Trinajstić information content (AvgIpc) is 1.50. The molecule has 92 heavy (non-hydrogen) atoms. The van der Waals surface area contributed by atoms with E-state index in [-0.39, 0.29) is 24.4 Å². The Balaban J connectivity index is 0.000000488. The molecule has 7 nitrogen and oxygen atoms in total. The number of aliphatic hydroxyl groups is 4. The van der Waals surface area contributed by atoms with Crippen LogP contribution in [0.3, 0.4) is 0 Å². The van der Waals surface area contributed by atoms with E-state index in [1.165, 1.54) is 84.8 Å². The average molecular weight is 1290 g/mol. The standard InChI is InChI=1S/C32H55BO2.C32H50O4.C19H36OSi/c1-29(2,3)22-15-11-13-18-26-19-17-21-27(24-26)28(20-14-12-16-23-30(4,5)6)25-33-34-31(7,8)32(9,10)35-33;1-24-27(22-29(33)23-30(24)34)18-17-26(15-9-7-11-20-32(4,5)36)28-16-12-14-25(21-28)13-8-6-10-19-31(2,3)35;1-11-12-18(10)13-19(14(2)3)20-21(15(4)5,16(6)7)17(8)9/h17,19,21,24-25H,11-16,18,20,22-23H2,1-10H3;12,14,16-18,21,29-30,33-36H,1,6-11,13,15,19-20,22-23H2,2-5H3;1,15-19H,2,12-13H2,3-10H3/b28-25+;26-17+,27-18-;/t;29-,30+;18-,19+/m.11/s1. The van der Waals surface area contributed by atoms with Gasteiger partial charge in [0.15, 0.2) is 0 Å². The number of aliphatic hydroxyl groups excluding tert-OH is 2. The molecule has 1 saturated heterocycles. The third kappa shape index (κ3) is 33.1. The fraction of sp³-hybridized carbons (Fsp3) is 0.711. The van der Waals surface area contributed by atoms with E-state index in [0.717, 1.165) is 101 Å². The van der Waals surface area contributed by atoms with Crippen LogP contribution in [-0.2, 0) is 26.6 Å². The van der Waals surface area contributed by atoms with Gasteiger partial charge in [-0.3, -0.25) is 0 Å². The molecule has 4 rings (SSSR count). The summed E-state index contributed by atoms with van der Waals surface area (Å²) in [5, 5.41) is 40.2. The maximum atomic E-state index is 10.2. The predicted molar refractivity (Wildman–Crippen MR) is 403 cm³/mol. The Morgan fingerprint density at radius 1 is 0.663 bits per heavy atom. The van der Waals surface area contributed by atoms with E-state index >= 15 is 0 Å². The summed E-state index contributed by atoms with van der Waals surface area (Å²) in [4.78, 5) is 0. The Kier molecular flexibility index (Phi) is 36.7. The third-order valence-corrected chi connectivity index (χ3v) is 25.5. The van der Waals surface area contributed by atoms with Crippen molar-refractivity contribution in [3.63, 3.8) is 0 Å². The van der Waals surface area contributed by atoms with Crippen molar-refractivity contribution in [3.8, 4) is 12.3 Å². The quantitative estimate of drug-likeness (QED) is 0.0236. The van der Waals surface area contributed by atoms with Crippen LogP contribution in [0.2, 0.25) is 16.6 Å². The van der Waals surface area contributed by atoms with Crippen LogP contribution < -0.4 is 0 Å². The molecule has 9 heteroatoms. The van der Waals surface area contributed by atoms with E-state index in [1.54, 1.807) is 0 Å². The predicted octanol–water partition coefficient (Wildman–Crippen LogP) is 22.7. The Morgan fingerprint density at radius 3 is 1.50 bits per heavy atom. The number of hydrogen-bond acceptors (Lipinski definition) is 7. The number of unbranched alkanes of at least 4 members (excludes halogenated alkanes) is 8. The van der Waals surface area contributed by atoms with Gasteiger partial charge in [-0.15, -0.1) is 12.3 Å². The van der Waals surface area contributed by atoms with E-state index in [0.29, 0.717) is 51.8 Å². The molecule has 2 aliphatic rings. The van der Waals surface area contributed by atoms with Crippen molar-refractivity contribution in [2.75, 3.05) is 0 Å². The van der Waals surface area contributed by atoms with Crippen molar-refractivity contribution in [1.29, 1.82) is 0 Å². The second kappa shape index (κ2) is 39.8. The highest BCUT2D eigenvalue weighted by Crippen LogP contribution is 2.45. The van der Waals surface area contributed by atoms with Crippen molar-refractivity contribution in [2.45, 2.75) is 364 Å². The van der Waals surface area contributed by atoms with Crippen molar-refractivity contribution >= 4 is 26.6 Å². The van der Waals surface area contributed by atoms with Crippen LogP contribution in [0, 0.1) is 29.1 Å². The monoisotopic (exact) mass is 1290 g/mol. The van der Waals surface area contributed by atoms with Gasteiger partial charge in [0.2, 0.25) is 8.32 Å². The molecule has 0 spiro atoms. The molecule has 4 atom stereocenters. The van der Waals surface area contributed by atoms with Crippen LogP contribution >= 0.6 is 0 Å². The SMILES string of the molecule is C#CC[C@@H](C)C[C@H](O[Si](C(C)C)(C(C)C)C(C)C)C(=C)C.C=C1/C(=C\C=C(/CCCCCC(C)(C)O)c2cccc(CCCCCC(C)(C)O)c2)C[C@@H](O)C[C@@H]1O.CC(C)(C)CCCCC/C(=C\B1OC(C)(C)C(C)(C)O1)c1cccc(CCCCCC(C)(C)C)c1. The molecule has 0 aromatic heterocycles. The summed E-state index contributed by atoms with van der Waals surface area (Å²) in [6.07, 6.45) is 33.7. The first kappa shape index (κ1) is 84.8. The Morgan fingerprint density at radius 2 is 1.09 bits per heavy atom. The summed E-state index contributed by atoms with van der Waals surface area (Å²) >= 11 is 0. The first-order valence-corrected chi connectivity index (χ1v) is 38.6. The number of aryl methyl sites for hydroxylation is 2. The minimum atomic E-state index is -1.86. The van der Waals surface area contributed by atoms with E-state index in [1.807, 2.05) is 33.8 Å². The van der Waals surface area contributed by atoms with Gasteiger partial charge in [-0.1, -0.05) is 227 Å². The molecule has 2 aromatic carbocycles. The molecule has 2 aromatic rings. The fourth-order valence-electron chi connectivity index (χ4n) is 13.2. The Bertz CT molecular complexity index is 2560. The lowest BCUT2D eigenvalue weighted by Crippen LogP contribution is -2.50. The lowest BCUT2D eigenvalue weighted by atomic mass is 9.82. The van der Waals surface area contributed by atoms with E-state index in [2.05, 4.69) is 204 Å². The van der Waals surface area contributed by atoms with Crippen molar-refractivity contribution in [2.24, 2.45) is 16.7 Å². The van der Waals surface area contributed by atoms with E-state index in [4.69, 9.17) is 20.2 Å². The lowest BCUT2D eigenvalue weighted by Gasteiger charge is -2.45. The van der Waals surface area contributed by atoms with E-state index < -0.39 is 31.7 Å². The molecule has 1 aliphatic carbocycles. The van der Waals surface area contributed by atoms with Crippen LogP contribution in [0.25, 0.3) is 11.1 Å². The smallest absolute Gasteiger partial charge is 0.409 e. The summed E-state index contributed by atoms with van der Waals surface area (Å²) in [5.74, 6) is 5.50. The first-order chi connectivity index (χ1) is 42.5. The van der Waals surface area contributed by atoms with Gasteiger partial charge < -0.3 is 34.2 Å². The number of benzene rings is 2. The zero-order valence-electron chi connectivity index (χ0n) is 63.4. The minimum Gasteiger partial charge on any atom is -0.409 e. The number of rotatable bonds is 35. The van der Waals surface area contributed by atoms with Crippen LogP contribution in [0.5, 0.6) is 0 Å². The summed E-state index contributed by atoms with van der Waals surface area (Å²) in [5.41, 5.74) is 11.6. The first-order valence-electron chi connectivity index (χ1n) is 36.4. The van der Waals surface area contributed by atoms with E-state index in [9.17, 15) is 20.4 Å². The fourth-order valence-corrected chi connectivity index (χ4v) is 18.8. The molecule has 1 aliphatic heterocycles. The summed E-state index contributed by atoms with van der Waals surface area (Å²) in [6, 6.07) is 18.0. The van der Waals surface area contributed by atoms with Crippen LogP contribution in [0.15, 0.2) is 96.5 Å². The second-order valence-electron chi connectivity index (χ2n) is 33.7. The largest absolute Gasteiger partial charge is 0.487 e. The van der Waals surface area contributed by atoms with Crippen molar-refractivity contribution in [3.05, 3.63) is 119 Å². The van der Waals surface area contributed by atoms with Gasteiger partial charge in [-0.05, 0) is 230 Å². The molecule has 0 unspecified atom stereocenters. The number of hydrogen-bond donors (Lipinski definition) is 4. The molecule has 4 N–H and O–H groups in total. The normalized spacial score (nSPS) is 18.6. The molecule has 0 radical (unpaired) electrons. The highest BCUT2D eigenvalue weighted by Gasteiger charge is 2.50. The Hall–Kier alpha value is -3.30. The minimum absolute atomic E-state index is 0.146. The molecule has 0 bridgehead atoms. The zero-order valence-corrected chi connectivity index (χ0v) is 64.4. The van der Waals surface area contributed by atoms with Gasteiger partial charge in [0.05, 0.1) is 40.7 Å². The van der Waals surface area contributed by atoms with Crippen molar-refractivity contribution < 1.29 is 34.2 Å². The maximum Gasteiger partial charge on any atom is 0.487 e. The molecular formula is C83H141BO7Si. The topological polar surface area (TPSA) is 109 Å². The van der Waals surface area contributed by atoms with Gasteiger partial charge in [0, 0.05) is 12.8 Å². The van der Waals surface area contributed by atoms with Gasteiger partial charge in [-0.2, -0.15) is 0 Å². The third-order valence-electron chi connectivity index (χ3n) is 19.4. The maximum absolute atomic E-state index is 10.2.